The zero-order valence-corrected chi connectivity index (χ0v) is 11.1. The van der Waals surface area contributed by atoms with Gasteiger partial charge in [0.15, 0.2) is 0 Å². The summed E-state index contributed by atoms with van der Waals surface area (Å²) in [7, 11) is -1.01. The summed E-state index contributed by atoms with van der Waals surface area (Å²) in [6.45, 7) is 4.04. The Morgan fingerprint density at radius 1 is 1.19 bits per heavy atom. The van der Waals surface area contributed by atoms with E-state index in [-0.39, 0.29) is 5.75 Å². The molecule has 0 radical (unpaired) electrons. The molecule has 0 saturated carbocycles. The second kappa shape index (κ2) is 4.87. The highest BCUT2D eigenvalue weighted by Gasteiger charge is 2.08. The minimum atomic E-state index is -2.89. The van der Waals surface area contributed by atoms with E-state index in [0.29, 0.717) is 6.42 Å². The molecule has 1 N–H and O–H groups in total. The lowest BCUT2D eigenvalue weighted by molar-refractivity contribution is 0.601. The van der Waals surface area contributed by atoms with Crippen molar-refractivity contribution in [2.24, 2.45) is 0 Å². The lowest BCUT2D eigenvalue weighted by Gasteiger charge is -2.12. The molecule has 1 aromatic rings. The third-order valence-electron chi connectivity index (χ3n) is 2.71. The molecule has 0 spiro atoms. The fourth-order valence-electron chi connectivity index (χ4n) is 1.82. The smallest absolute Gasteiger partial charge is 0.147 e. The van der Waals surface area contributed by atoms with Crippen molar-refractivity contribution in [3.05, 3.63) is 28.8 Å². The fraction of sp³-hybridized carbons (Fsp3) is 0.500. The Balaban J connectivity index is 2.97. The van der Waals surface area contributed by atoms with Gasteiger partial charge >= 0.3 is 0 Å². The van der Waals surface area contributed by atoms with Crippen molar-refractivity contribution in [3.63, 3.8) is 0 Å². The first-order valence-electron chi connectivity index (χ1n) is 5.29. The van der Waals surface area contributed by atoms with Crippen molar-refractivity contribution in [3.8, 4) is 0 Å². The van der Waals surface area contributed by atoms with E-state index >= 15 is 0 Å². The van der Waals surface area contributed by atoms with E-state index in [1.807, 2.05) is 33.0 Å². The standard InChI is InChI=1S/C12H19NO2S/c1-9-7-11(13-3)8-10(2)12(9)5-6-16(4,14)15/h7-8,13H,5-6H2,1-4H3. The van der Waals surface area contributed by atoms with E-state index in [4.69, 9.17) is 0 Å². The van der Waals surface area contributed by atoms with Crippen molar-refractivity contribution in [1.29, 1.82) is 0 Å². The second-order valence-corrected chi connectivity index (χ2v) is 6.48. The summed E-state index contributed by atoms with van der Waals surface area (Å²) in [4.78, 5) is 0. The van der Waals surface area contributed by atoms with Gasteiger partial charge in [-0.15, -0.1) is 0 Å². The minimum Gasteiger partial charge on any atom is -0.388 e. The zero-order valence-electron chi connectivity index (χ0n) is 10.3. The third-order valence-corrected chi connectivity index (χ3v) is 3.65. The fourth-order valence-corrected chi connectivity index (χ4v) is 2.39. The van der Waals surface area contributed by atoms with E-state index in [1.54, 1.807) is 0 Å². The van der Waals surface area contributed by atoms with E-state index in [9.17, 15) is 8.42 Å². The summed E-state index contributed by atoms with van der Waals surface area (Å²) in [6.07, 6.45) is 1.88. The monoisotopic (exact) mass is 241 g/mol. The minimum absolute atomic E-state index is 0.216. The van der Waals surface area contributed by atoms with E-state index in [1.165, 1.54) is 6.26 Å². The van der Waals surface area contributed by atoms with Crippen LogP contribution in [-0.4, -0.2) is 27.5 Å². The average molecular weight is 241 g/mol. The van der Waals surface area contributed by atoms with Crippen LogP contribution < -0.4 is 5.32 Å². The number of nitrogens with one attached hydrogen (secondary N) is 1. The van der Waals surface area contributed by atoms with Crippen molar-refractivity contribution in [2.45, 2.75) is 20.3 Å². The zero-order chi connectivity index (χ0) is 12.3. The number of hydrogen-bond donors (Lipinski definition) is 1. The molecular formula is C12H19NO2S. The first kappa shape index (κ1) is 13.0. The van der Waals surface area contributed by atoms with Crippen molar-refractivity contribution < 1.29 is 8.42 Å². The van der Waals surface area contributed by atoms with Crippen LogP contribution in [0.2, 0.25) is 0 Å². The normalized spacial score (nSPS) is 11.5. The van der Waals surface area contributed by atoms with Gasteiger partial charge in [0, 0.05) is 19.0 Å². The van der Waals surface area contributed by atoms with Gasteiger partial charge in [0.25, 0.3) is 0 Å². The Kier molecular flexibility index (Phi) is 3.97. The highest BCUT2D eigenvalue weighted by atomic mass is 32.2. The molecule has 0 bridgehead atoms. The SMILES string of the molecule is CNc1cc(C)c(CCS(C)(=O)=O)c(C)c1. The van der Waals surface area contributed by atoms with Gasteiger partial charge < -0.3 is 5.32 Å². The average Bonchev–Trinajstić information content (AvgIpc) is 2.14. The predicted molar refractivity (Wildman–Crippen MR) is 68.9 cm³/mol. The summed E-state index contributed by atoms with van der Waals surface area (Å²) in [5, 5.41) is 3.09. The maximum Gasteiger partial charge on any atom is 0.147 e. The van der Waals surface area contributed by atoms with Gasteiger partial charge in [-0.3, -0.25) is 0 Å². The molecule has 0 saturated heterocycles. The van der Waals surface area contributed by atoms with E-state index in [0.717, 1.165) is 22.4 Å². The summed E-state index contributed by atoms with van der Waals surface area (Å²) in [5.74, 6) is 0.216. The first-order valence-corrected chi connectivity index (χ1v) is 7.35. The lowest BCUT2D eigenvalue weighted by Crippen LogP contribution is -2.08. The highest BCUT2D eigenvalue weighted by molar-refractivity contribution is 7.90. The molecule has 0 aliphatic rings. The molecular weight excluding hydrogens is 222 g/mol. The molecule has 1 rings (SSSR count). The molecule has 0 atom stereocenters. The van der Waals surface area contributed by atoms with Crippen LogP contribution >= 0.6 is 0 Å². The van der Waals surface area contributed by atoms with E-state index < -0.39 is 9.84 Å². The van der Waals surface area contributed by atoms with Gasteiger partial charge in [-0.05, 0) is 49.1 Å². The van der Waals surface area contributed by atoms with Crippen LogP contribution in [0.5, 0.6) is 0 Å². The Labute approximate surface area is 97.8 Å². The number of rotatable bonds is 4. The Bertz CT molecular complexity index is 455. The topological polar surface area (TPSA) is 46.2 Å². The van der Waals surface area contributed by atoms with Crippen LogP contribution in [0.25, 0.3) is 0 Å². The number of anilines is 1. The Morgan fingerprint density at radius 3 is 2.06 bits per heavy atom. The van der Waals surface area contributed by atoms with Crippen molar-refractivity contribution in [1.82, 2.24) is 0 Å². The molecule has 4 heteroatoms. The van der Waals surface area contributed by atoms with Crippen LogP contribution in [-0.2, 0) is 16.3 Å². The molecule has 3 nitrogen and oxygen atoms in total. The summed E-state index contributed by atoms with van der Waals surface area (Å²) in [5.41, 5.74) is 4.50. The molecule has 16 heavy (non-hydrogen) atoms. The lowest BCUT2D eigenvalue weighted by atomic mass is 10.00. The molecule has 1 aromatic carbocycles. The summed E-state index contributed by atoms with van der Waals surface area (Å²) in [6, 6.07) is 4.09. The van der Waals surface area contributed by atoms with Gasteiger partial charge in [0.2, 0.25) is 0 Å². The number of aryl methyl sites for hydroxylation is 2. The summed E-state index contributed by atoms with van der Waals surface area (Å²) >= 11 is 0. The molecule has 90 valence electrons. The van der Waals surface area contributed by atoms with Crippen LogP contribution in [0.15, 0.2) is 12.1 Å². The van der Waals surface area contributed by atoms with Gasteiger partial charge in [0.05, 0.1) is 5.75 Å². The molecule has 0 aromatic heterocycles. The molecule has 0 unspecified atom stereocenters. The van der Waals surface area contributed by atoms with Crippen LogP contribution in [0.4, 0.5) is 5.69 Å². The highest BCUT2D eigenvalue weighted by Crippen LogP contribution is 2.20. The van der Waals surface area contributed by atoms with Crippen molar-refractivity contribution in [2.75, 3.05) is 24.4 Å². The molecule has 0 aliphatic carbocycles. The summed E-state index contributed by atoms with van der Waals surface area (Å²) < 4.78 is 22.3. The molecule has 0 aliphatic heterocycles. The van der Waals surface area contributed by atoms with Crippen LogP contribution in [0.1, 0.15) is 16.7 Å². The molecule has 0 heterocycles. The number of benzene rings is 1. The first-order chi connectivity index (χ1) is 7.33. The maximum absolute atomic E-state index is 11.1. The number of hydrogen-bond acceptors (Lipinski definition) is 3. The van der Waals surface area contributed by atoms with Crippen LogP contribution in [0, 0.1) is 13.8 Å². The quantitative estimate of drug-likeness (QED) is 0.876. The largest absolute Gasteiger partial charge is 0.388 e. The van der Waals surface area contributed by atoms with Gasteiger partial charge in [-0.25, -0.2) is 8.42 Å². The van der Waals surface area contributed by atoms with Gasteiger partial charge in [-0.2, -0.15) is 0 Å². The molecule has 0 fully saturated rings. The second-order valence-electron chi connectivity index (χ2n) is 4.22. The van der Waals surface area contributed by atoms with Crippen LogP contribution in [0.3, 0.4) is 0 Å². The maximum atomic E-state index is 11.1. The number of sulfone groups is 1. The van der Waals surface area contributed by atoms with Gasteiger partial charge in [0.1, 0.15) is 9.84 Å². The van der Waals surface area contributed by atoms with E-state index in [2.05, 4.69) is 5.32 Å². The van der Waals surface area contributed by atoms with Crippen molar-refractivity contribution >= 4 is 15.5 Å². The predicted octanol–water partition coefficient (Wildman–Crippen LogP) is 1.93. The Hall–Kier alpha value is -1.03. The third kappa shape index (κ3) is 3.52. The Morgan fingerprint density at radius 2 is 1.69 bits per heavy atom. The molecule has 0 amide bonds. The van der Waals surface area contributed by atoms with Gasteiger partial charge in [-0.1, -0.05) is 0 Å².